The molecule has 0 unspecified atom stereocenters. The molecule has 126 valence electrons. The molecule has 0 radical (unpaired) electrons. The van der Waals surface area contributed by atoms with Crippen molar-refractivity contribution in [2.24, 2.45) is 0 Å². The number of methoxy groups -OCH3 is 1. The number of carbonyl (C=O) groups excluding carboxylic acids is 2. The van der Waals surface area contributed by atoms with E-state index in [1.165, 1.54) is 7.11 Å². The number of ether oxygens (including phenoxy) is 2. The Morgan fingerprint density at radius 3 is 2.33 bits per heavy atom. The SMILES string of the molecule is COC(=O)NCC(=O)Nc1ccc(OCc2ccc(Cl)cc2)cc1. The third-order valence-corrected chi connectivity index (χ3v) is 3.29. The second kappa shape index (κ2) is 8.79. The van der Waals surface area contributed by atoms with Gasteiger partial charge in [0.2, 0.25) is 5.91 Å². The van der Waals surface area contributed by atoms with Gasteiger partial charge in [0.25, 0.3) is 0 Å². The summed E-state index contributed by atoms with van der Waals surface area (Å²) in [5.74, 6) is 0.325. The second-order valence-electron chi connectivity index (χ2n) is 4.83. The summed E-state index contributed by atoms with van der Waals surface area (Å²) in [7, 11) is 1.23. The van der Waals surface area contributed by atoms with Gasteiger partial charge in [0.05, 0.1) is 7.11 Å². The number of carbonyl (C=O) groups is 2. The van der Waals surface area contributed by atoms with E-state index in [0.717, 1.165) is 5.56 Å². The predicted octanol–water partition coefficient (Wildman–Crippen LogP) is 3.21. The molecule has 0 saturated heterocycles. The number of halogens is 1. The van der Waals surface area contributed by atoms with Gasteiger partial charge in [0.15, 0.2) is 0 Å². The third-order valence-electron chi connectivity index (χ3n) is 3.04. The highest BCUT2D eigenvalue weighted by Gasteiger charge is 2.05. The van der Waals surface area contributed by atoms with Crippen LogP contribution in [-0.2, 0) is 16.1 Å². The van der Waals surface area contributed by atoms with E-state index in [1.54, 1.807) is 36.4 Å². The summed E-state index contributed by atoms with van der Waals surface area (Å²) in [5, 5.41) is 5.63. The van der Waals surface area contributed by atoms with Crippen LogP contribution >= 0.6 is 11.6 Å². The minimum atomic E-state index is -0.656. The Labute approximate surface area is 144 Å². The number of alkyl carbamates (subject to hydrolysis) is 1. The quantitative estimate of drug-likeness (QED) is 0.840. The molecule has 24 heavy (non-hydrogen) atoms. The van der Waals surface area contributed by atoms with E-state index in [2.05, 4.69) is 15.4 Å². The van der Waals surface area contributed by atoms with Gasteiger partial charge in [0, 0.05) is 10.7 Å². The number of hydrogen-bond donors (Lipinski definition) is 2. The monoisotopic (exact) mass is 348 g/mol. The number of hydrogen-bond acceptors (Lipinski definition) is 4. The van der Waals surface area contributed by atoms with Crippen molar-refractivity contribution >= 4 is 29.3 Å². The molecule has 0 atom stereocenters. The Morgan fingerprint density at radius 1 is 1.04 bits per heavy atom. The van der Waals surface area contributed by atoms with Crippen LogP contribution in [0.25, 0.3) is 0 Å². The smallest absolute Gasteiger partial charge is 0.407 e. The first-order valence-electron chi connectivity index (χ1n) is 7.16. The Kier molecular flexibility index (Phi) is 6.45. The number of nitrogens with one attached hydrogen (secondary N) is 2. The van der Waals surface area contributed by atoms with Gasteiger partial charge in [-0.2, -0.15) is 0 Å². The van der Waals surface area contributed by atoms with Crippen LogP contribution in [0.15, 0.2) is 48.5 Å². The van der Waals surface area contributed by atoms with Gasteiger partial charge in [-0.1, -0.05) is 23.7 Å². The summed E-state index contributed by atoms with van der Waals surface area (Å²) in [5.41, 5.74) is 1.61. The van der Waals surface area contributed by atoms with Gasteiger partial charge in [0.1, 0.15) is 18.9 Å². The highest BCUT2D eigenvalue weighted by Crippen LogP contribution is 2.17. The van der Waals surface area contributed by atoms with Crippen LogP contribution in [-0.4, -0.2) is 25.7 Å². The van der Waals surface area contributed by atoms with Crippen molar-refractivity contribution < 1.29 is 19.1 Å². The molecular formula is C17H17ClN2O4. The van der Waals surface area contributed by atoms with Crippen LogP contribution in [0.2, 0.25) is 5.02 Å². The lowest BCUT2D eigenvalue weighted by Gasteiger charge is -2.09. The van der Waals surface area contributed by atoms with Gasteiger partial charge in [-0.3, -0.25) is 4.79 Å². The molecule has 0 saturated carbocycles. The molecule has 0 bridgehead atoms. The van der Waals surface area contributed by atoms with E-state index in [0.29, 0.717) is 23.1 Å². The van der Waals surface area contributed by atoms with Crippen molar-refractivity contribution in [1.29, 1.82) is 0 Å². The van der Waals surface area contributed by atoms with Crippen LogP contribution in [0.3, 0.4) is 0 Å². The first kappa shape index (κ1) is 17.6. The fourth-order valence-electron chi connectivity index (χ4n) is 1.81. The molecule has 2 N–H and O–H groups in total. The van der Waals surface area contributed by atoms with Crippen LogP contribution in [0.1, 0.15) is 5.56 Å². The summed E-state index contributed by atoms with van der Waals surface area (Å²) in [6.07, 6.45) is -0.656. The molecule has 0 fully saturated rings. The van der Waals surface area contributed by atoms with Gasteiger partial charge in [-0.05, 0) is 42.0 Å². The summed E-state index contributed by atoms with van der Waals surface area (Å²) in [6, 6.07) is 14.3. The minimum Gasteiger partial charge on any atom is -0.489 e. The average molecular weight is 349 g/mol. The molecule has 0 aliphatic rings. The second-order valence-corrected chi connectivity index (χ2v) is 5.27. The standard InChI is InChI=1S/C17H17ClN2O4/c1-23-17(22)19-10-16(21)20-14-6-8-15(9-7-14)24-11-12-2-4-13(18)5-3-12/h2-9H,10-11H2,1H3,(H,19,22)(H,20,21). The van der Waals surface area contributed by atoms with E-state index in [-0.39, 0.29) is 12.5 Å². The van der Waals surface area contributed by atoms with Crippen molar-refractivity contribution in [2.75, 3.05) is 19.0 Å². The number of benzene rings is 2. The van der Waals surface area contributed by atoms with E-state index >= 15 is 0 Å². The lowest BCUT2D eigenvalue weighted by molar-refractivity contribution is -0.115. The lowest BCUT2D eigenvalue weighted by Crippen LogP contribution is -2.32. The zero-order valence-electron chi connectivity index (χ0n) is 13.0. The van der Waals surface area contributed by atoms with Crippen LogP contribution in [0, 0.1) is 0 Å². The molecule has 2 aromatic rings. The van der Waals surface area contributed by atoms with Crippen molar-refractivity contribution in [3.8, 4) is 5.75 Å². The van der Waals surface area contributed by atoms with Gasteiger partial charge < -0.3 is 20.1 Å². The third kappa shape index (κ3) is 5.81. The highest BCUT2D eigenvalue weighted by atomic mass is 35.5. The number of anilines is 1. The fourth-order valence-corrected chi connectivity index (χ4v) is 1.94. The number of rotatable bonds is 6. The molecule has 0 spiro atoms. The molecule has 0 heterocycles. The van der Waals surface area contributed by atoms with Crippen molar-refractivity contribution in [3.05, 3.63) is 59.1 Å². The molecular weight excluding hydrogens is 332 g/mol. The van der Waals surface area contributed by atoms with Crippen LogP contribution in [0.5, 0.6) is 5.75 Å². The summed E-state index contributed by atoms with van der Waals surface area (Å²) in [4.78, 5) is 22.5. The van der Waals surface area contributed by atoms with Gasteiger partial charge in [-0.15, -0.1) is 0 Å². The van der Waals surface area contributed by atoms with E-state index < -0.39 is 6.09 Å². The van der Waals surface area contributed by atoms with E-state index in [4.69, 9.17) is 16.3 Å². The van der Waals surface area contributed by atoms with E-state index in [9.17, 15) is 9.59 Å². The lowest BCUT2D eigenvalue weighted by atomic mass is 10.2. The van der Waals surface area contributed by atoms with Gasteiger partial charge >= 0.3 is 6.09 Å². The van der Waals surface area contributed by atoms with Crippen molar-refractivity contribution in [2.45, 2.75) is 6.61 Å². The summed E-state index contributed by atoms with van der Waals surface area (Å²) in [6.45, 7) is 0.257. The van der Waals surface area contributed by atoms with Crippen LogP contribution in [0.4, 0.5) is 10.5 Å². The molecule has 2 aromatic carbocycles. The van der Waals surface area contributed by atoms with Crippen molar-refractivity contribution in [3.63, 3.8) is 0 Å². The first-order chi connectivity index (χ1) is 11.6. The number of amides is 2. The highest BCUT2D eigenvalue weighted by molar-refractivity contribution is 6.30. The largest absolute Gasteiger partial charge is 0.489 e. The van der Waals surface area contributed by atoms with Crippen molar-refractivity contribution in [1.82, 2.24) is 5.32 Å². The Morgan fingerprint density at radius 2 is 1.71 bits per heavy atom. The zero-order valence-corrected chi connectivity index (χ0v) is 13.8. The molecule has 0 aliphatic carbocycles. The Balaban J connectivity index is 1.80. The Bertz CT molecular complexity index is 687. The molecule has 2 amide bonds. The topological polar surface area (TPSA) is 76.7 Å². The molecule has 6 nitrogen and oxygen atoms in total. The maximum Gasteiger partial charge on any atom is 0.407 e. The normalized spacial score (nSPS) is 9.92. The van der Waals surface area contributed by atoms with Gasteiger partial charge in [-0.25, -0.2) is 4.79 Å². The summed E-state index contributed by atoms with van der Waals surface area (Å²) < 4.78 is 10.0. The maximum atomic E-state index is 11.6. The average Bonchev–Trinajstić information content (AvgIpc) is 2.60. The fraction of sp³-hybridized carbons (Fsp3) is 0.176. The minimum absolute atomic E-state index is 0.165. The Hall–Kier alpha value is -2.73. The molecule has 0 aliphatic heterocycles. The molecule has 0 aromatic heterocycles. The molecule has 7 heteroatoms. The molecule has 2 rings (SSSR count). The van der Waals surface area contributed by atoms with Crippen LogP contribution < -0.4 is 15.4 Å². The van der Waals surface area contributed by atoms with E-state index in [1.807, 2.05) is 12.1 Å². The predicted molar refractivity (Wildman–Crippen MR) is 91.3 cm³/mol. The first-order valence-corrected chi connectivity index (χ1v) is 7.53. The maximum absolute atomic E-state index is 11.6. The zero-order chi connectivity index (χ0) is 17.4. The summed E-state index contributed by atoms with van der Waals surface area (Å²) >= 11 is 5.83.